The molecular formula is C9H12O. The van der Waals surface area contributed by atoms with Gasteiger partial charge in [-0.3, -0.25) is 4.79 Å². The second-order valence-corrected chi connectivity index (χ2v) is 2.79. The Labute approximate surface area is 61.4 Å². The zero-order chi connectivity index (χ0) is 7.56. The molecule has 54 valence electrons. The molecule has 1 aliphatic rings. The van der Waals surface area contributed by atoms with Crippen molar-refractivity contribution in [1.29, 1.82) is 0 Å². The summed E-state index contributed by atoms with van der Waals surface area (Å²) in [5.74, 6) is 0.770. The molecule has 1 nitrogen and oxygen atoms in total. The van der Waals surface area contributed by atoms with Gasteiger partial charge in [0.15, 0.2) is 5.78 Å². The molecule has 10 heavy (non-hydrogen) atoms. The smallest absolute Gasteiger partial charge is 0.159 e. The molecular weight excluding hydrogens is 124 g/mol. The summed E-state index contributed by atoms with van der Waals surface area (Å²) in [7, 11) is 0. The second kappa shape index (κ2) is 2.82. The summed E-state index contributed by atoms with van der Waals surface area (Å²) >= 11 is 0. The summed E-state index contributed by atoms with van der Waals surface area (Å²) in [5, 5.41) is 0. The lowest BCUT2D eigenvalue weighted by Crippen LogP contribution is -2.00. The van der Waals surface area contributed by atoms with Gasteiger partial charge in [-0.15, -0.1) is 0 Å². The Balaban J connectivity index is 2.67. The normalized spacial score (nSPS) is 24.2. The summed E-state index contributed by atoms with van der Waals surface area (Å²) in [6, 6.07) is 0. The molecule has 0 aromatic rings. The van der Waals surface area contributed by atoms with Gasteiger partial charge in [0.05, 0.1) is 0 Å². The molecule has 0 spiro atoms. The fourth-order valence-electron chi connectivity index (χ4n) is 0.988. The maximum atomic E-state index is 10.8. The summed E-state index contributed by atoms with van der Waals surface area (Å²) in [6.45, 7) is 3.75. The van der Waals surface area contributed by atoms with E-state index in [-0.39, 0.29) is 5.78 Å². The molecule has 1 heteroatoms. The van der Waals surface area contributed by atoms with Crippen molar-refractivity contribution in [2.45, 2.75) is 20.3 Å². The van der Waals surface area contributed by atoms with E-state index in [4.69, 9.17) is 0 Å². The Hall–Kier alpha value is -0.850. The van der Waals surface area contributed by atoms with E-state index in [1.54, 1.807) is 6.92 Å². The first kappa shape index (κ1) is 7.26. The minimum Gasteiger partial charge on any atom is -0.295 e. The third-order valence-corrected chi connectivity index (χ3v) is 1.72. The van der Waals surface area contributed by atoms with Gasteiger partial charge in [-0.05, 0) is 19.3 Å². The number of hydrogen-bond donors (Lipinski definition) is 0. The highest BCUT2D eigenvalue weighted by atomic mass is 16.1. The first-order valence-electron chi connectivity index (χ1n) is 3.59. The van der Waals surface area contributed by atoms with Crippen LogP contribution in [0.5, 0.6) is 0 Å². The van der Waals surface area contributed by atoms with Crippen molar-refractivity contribution < 1.29 is 4.79 Å². The maximum Gasteiger partial charge on any atom is 0.159 e. The van der Waals surface area contributed by atoms with Crippen LogP contribution in [0, 0.1) is 5.92 Å². The summed E-state index contributed by atoms with van der Waals surface area (Å²) in [5.41, 5.74) is 0.859. The molecule has 0 heterocycles. The van der Waals surface area contributed by atoms with E-state index in [1.807, 2.05) is 12.2 Å². The lowest BCUT2D eigenvalue weighted by Gasteiger charge is -2.08. The van der Waals surface area contributed by atoms with E-state index in [0.717, 1.165) is 12.0 Å². The highest BCUT2D eigenvalue weighted by Gasteiger charge is 2.05. The van der Waals surface area contributed by atoms with Crippen molar-refractivity contribution in [3.63, 3.8) is 0 Å². The van der Waals surface area contributed by atoms with Crippen LogP contribution in [0.2, 0.25) is 0 Å². The third-order valence-electron chi connectivity index (χ3n) is 1.72. The molecule has 1 atom stereocenters. The van der Waals surface area contributed by atoms with Gasteiger partial charge in [0, 0.05) is 5.57 Å². The van der Waals surface area contributed by atoms with Crippen LogP contribution < -0.4 is 0 Å². The molecule has 0 N–H and O–H groups in total. The van der Waals surface area contributed by atoms with Gasteiger partial charge in [0.25, 0.3) is 0 Å². The number of Topliss-reactive ketones (excluding diaryl/α,β-unsaturated/α-hetero) is 1. The van der Waals surface area contributed by atoms with Crippen molar-refractivity contribution in [1.82, 2.24) is 0 Å². The Morgan fingerprint density at radius 1 is 1.70 bits per heavy atom. The largest absolute Gasteiger partial charge is 0.295 e. The molecule has 0 amide bonds. The molecule has 0 aromatic carbocycles. The number of hydrogen-bond acceptors (Lipinski definition) is 1. The van der Waals surface area contributed by atoms with Crippen LogP contribution in [-0.2, 0) is 4.79 Å². The molecule has 0 radical (unpaired) electrons. The Kier molecular flexibility index (Phi) is 2.05. The summed E-state index contributed by atoms with van der Waals surface area (Å²) in [6.07, 6.45) is 7.01. The SMILES string of the molecule is CC(=O)C1=CC[C@H](C)C=C1. The van der Waals surface area contributed by atoms with Crippen LogP contribution in [0.1, 0.15) is 20.3 Å². The van der Waals surface area contributed by atoms with Gasteiger partial charge in [-0.2, -0.15) is 0 Å². The molecule has 0 bridgehead atoms. The molecule has 1 rings (SSSR count). The Morgan fingerprint density at radius 2 is 2.40 bits per heavy atom. The fourth-order valence-corrected chi connectivity index (χ4v) is 0.988. The number of carbonyl (C=O) groups is 1. The van der Waals surface area contributed by atoms with Crippen molar-refractivity contribution >= 4 is 5.78 Å². The van der Waals surface area contributed by atoms with Crippen LogP contribution >= 0.6 is 0 Å². The highest BCUT2D eigenvalue weighted by molar-refractivity contribution is 5.96. The zero-order valence-electron chi connectivity index (χ0n) is 6.42. The maximum absolute atomic E-state index is 10.8. The van der Waals surface area contributed by atoms with Crippen LogP contribution in [0.25, 0.3) is 0 Å². The van der Waals surface area contributed by atoms with Crippen molar-refractivity contribution in [2.75, 3.05) is 0 Å². The van der Waals surface area contributed by atoms with Gasteiger partial charge in [0.1, 0.15) is 0 Å². The molecule has 0 saturated heterocycles. The zero-order valence-corrected chi connectivity index (χ0v) is 6.42. The number of ketones is 1. The average molecular weight is 136 g/mol. The quantitative estimate of drug-likeness (QED) is 0.539. The number of allylic oxidation sites excluding steroid dienone is 4. The first-order valence-corrected chi connectivity index (χ1v) is 3.59. The minimum atomic E-state index is 0.170. The Morgan fingerprint density at radius 3 is 2.80 bits per heavy atom. The molecule has 0 aliphatic heterocycles. The van der Waals surface area contributed by atoms with E-state index in [0.29, 0.717) is 5.92 Å². The van der Waals surface area contributed by atoms with E-state index in [9.17, 15) is 4.79 Å². The van der Waals surface area contributed by atoms with Crippen LogP contribution in [0.15, 0.2) is 23.8 Å². The van der Waals surface area contributed by atoms with Gasteiger partial charge in [-0.1, -0.05) is 25.2 Å². The molecule has 1 aliphatic carbocycles. The van der Waals surface area contributed by atoms with Crippen molar-refractivity contribution in [2.24, 2.45) is 5.92 Å². The standard InChI is InChI=1S/C9H12O/c1-7-3-5-9(6-4-7)8(2)10/h3,5-7H,4H2,1-2H3/t7-/m1/s1. The van der Waals surface area contributed by atoms with Gasteiger partial charge < -0.3 is 0 Å². The summed E-state index contributed by atoms with van der Waals surface area (Å²) in [4.78, 5) is 10.8. The fraction of sp³-hybridized carbons (Fsp3) is 0.444. The van der Waals surface area contributed by atoms with Crippen LogP contribution in [0.3, 0.4) is 0 Å². The van der Waals surface area contributed by atoms with Gasteiger partial charge in [-0.25, -0.2) is 0 Å². The van der Waals surface area contributed by atoms with Crippen LogP contribution in [0.4, 0.5) is 0 Å². The Bertz CT molecular complexity index is 199. The molecule has 0 unspecified atom stereocenters. The number of carbonyl (C=O) groups excluding carboxylic acids is 1. The minimum absolute atomic E-state index is 0.170. The van der Waals surface area contributed by atoms with Crippen molar-refractivity contribution in [3.05, 3.63) is 23.8 Å². The van der Waals surface area contributed by atoms with E-state index in [1.165, 1.54) is 0 Å². The average Bonchev–Trinajstić information content (AvgIpc) is 1.88. The van der Waals surface area contributed by atoms with E-state index >= 15 is 0 Å². The van der Waals surface area contributed by atoms with Gasteiger partial charge >= 0.3 is 0 Å². The van der Waals surface area contributed by atoms with E-state index in [2.05, 4.69) is 13.0 Å². The molecule has 0 aromatic heterocycles. The topological polar surface area (TPSA) is 17.1 Å². The monoisotopic (exact) mass is 136 g/mol. The number of rotatable bonds is 1. The lowest BCUT2D eigenvalue weighted by molar-refractivity contribution is -0.113. The molecule has 0 saturated carbocycles. The molecule has 0 fully saturated rings. The van der Waals surface area contributed by atoms with E-state index < -0.39 is 0 Å². The predicted molar refractivity (Wildman–Crippen MR) is 41.7 cm³/mol. The first-order chi connectivity index (χ1) is 4.70. The predicted octanol–water partition coefficient (Wildman–Crippen LogP) is 2.10. The van der Waals surface area contributed by atoms with Crippen molar-refractivity contribution in [3.8, 4) is 0 Å². The van der Waals surface area contributed by atoms with Crippen LogP contribution in [-0.4, -0.2) is 5.78 Å². The highest BCUT2D eigenvalue weighted by Crippen LogP contribution is 2.15. The second-order valence-electron chi connectivity index (χ2n) is 2.79. The lowest BCUT2D eigenvalue weighted by atomic mass is 9.97. The van der Waals surface area contributed by atoms with Gasteiger partial charge in [0.2, 0.25) is 0 Å². The third kappa shape index (κ3) is 1.56. The summed E-state index contributed by atoms with van der Waals surface area (Å²) < 4.78 is 0.